The van der Waals surface area contributed by atoms with E-state index in [1.165, 1.54) is 23.3 Å². The topological polar surface area (TPSA) is 117 Å². The Labute approximate surface area is 183 Å². The summed E-state index contributed by atoms with van der Waals surface area (Å²) < 4.78 is 50.6. The fourth-order valence-electron chi connectivity index (χ4n) is 3.52. The smallest absolute Gasteiger partial charge is 0.475 e. The monoisotopic (exact) mass is 463 g/mol. The van der Waals surface area contributed by atoms with Gasteiger partial charge in [0, 0.05) is 34.9 Å². The maximum Gasteiger partial charge on any atom is 0.490 e. The van der Waals surface area contributed by atoms with Gasteiger partial charge in [0.05, 0.1) is 0 Å². The van der Waals surface area contributed by atoms with E-state index in [0.717, 1.165) is 41.7 Å². The van der Waals surface area contributed by atoms with Crippen LogP contribution in [0.2, 0.25) is 0 Å². The number of pyridine rings is 1. The lowest BCUT2D eigenvalue weighted by atomic mass is 9.95. The summed E-state index contributed by atoms with van der Waals surface area (Å²) in [6.45, 7) is 3.68. The number of aryl methyl sites for hydroxylation is 1. The zero-order valence-electron chi connectivity index (χ0n) is 17.1. The summed E-state index contributed by atoms with van der Waals surface area (Å²) >= 11 is 0. The minimum Gasteiger partial charge on any atom is -0.475 e. The number of alkyl halides is 3. The third-order valence-corrected chi connectivity index (χ3v) is 5.04. The van der Waals surface area contributed by atoms with Crippen molar-refractivity contribution < 1.29 is 32.0 Å². The number of fused-ring (bicyclic) bond motifs is 2. The van der Waals surface area contributed by atoms with E-state index in [2.05, 4.69) is 25.4 Å². The molecule has 0 unspecified atom stereocenters. The Hall–Kier alpha value is -3.80. The summed E-state index contributed by atoms with van der Waals surface area (Å²) in [6, 6.07) is 6.40. The van der Waals surface area contributed by atoms with E-state index in [9.17, 15) is 17.6 Å². The zero-order chi connectivity index (χ0) is 23.8. The molecule has 5 rings (SSSR count). The lowest BCUT2D eigenvalue weighted by Gasteiger charge is -2.19. The number of nitrogens with zero attached hydrogens (tertiary/aromatic N) is 3. The molecule has 1 aliphatic heterocycles. The Morgan fingerprint density at radius 1 is 1.24 bits per heavy atom. The number of aromatic amines is 1. The summed E-state index contributed by atoms with van der Waals surface area (Å²) in [4.78, 5) is 21.1. The molecule has 1 aromatic carbocycles. The molecule has 0 fully saturated rings. The number of H-pyrrole nitrogens is 1. The van der Waals surface area contributed by atoms with Crippen molar-refractivity contribution in [1.82, 2.24) is 25.4 Å². The lowest BCUT2D eigenvalue weighted by Crippen LogP contribution is -2.24. The van der Waals surface area contributed by atoms with Crippen LogP contribution in [0.1, 0.15) is 16.8 Å². The Kier molecular flexibility index (Phi) is 5.85. The van der Waals surface area contributed by atoms with E-state index < -0.39 is 12.1 Å². The van der Waals surface area contributed by atoms with Crippen LogP contribution in [0.3, 0.4) is 0 Å². The Morgan fingerprint density at radius 3 is 2.73 bits per heavy atom. The van der Waals surface area contributed by atoms with Gasteiger partial charge in [-0.1, -0.05) is 5.16 Å². The predicted molar refractivity (Wildman–Crippen MR) is 109 cm³/mol. The van der Waals surface area contributed by atoms with Crippen molar-refractivity contribution in [2.75, 3.05) is 6.54 Å². The Morgan fingerprint density at radius 2 is 2.00 bits per heavy atom. The van der Waals surface area contributed by atoms with Crippen molar-refractivity contribution in [3.8, 4) is 23.0 Å². The van der Waals surface area contributed by atoms with E-state index in [4.69, 9.17) is 14.4 Å². The van der Waals surface area contributed by atoms with Crippen LogP contribution in [0.15, 0.2) is 35.0 Å². The second kappa shape index (κ2) is 8.62. The molecule has 1 aliphatic rings. The molecule has 0 aliphatic carbocycles. The van der Waals surface area contributed by atoms with E-state index >= 15 is 0 Å². The van der Waals surface area contributed by atoms with Crippen LogP contribution in [0.5, 0.6) is 0 Å². The van der Waals surface area contributed by atoms with Crippen molar-refractivity contribution in [1.29, 1.82) is 0 Å². The number of benzene rings is 1. The molecule has 0 radical (unpaired) electrons. The highest BCUT2D eigenvalue weighted by atomic mass is 19.4. The summed E-state index contributed by atoms with van der Waals surface area (Å²) in [6.07, 6.45) is -2.27. The average Bonchev–Trinajstić information content (AvgIpc) is 3.40. The maximum atomic E-state index is 13.4. The van der Waals surface area contributed by atoms with Gasteiger partial charge in [-0.2, -0.15) is 18.2 Å². The summed E-state index contributed by atoms with van der Waals surface area (Å²) in [7, 11) is 0. The van der Waals surface area contributed by atoms with Crippen molar-refractivity contribution in [3.63, 3.8) is 0 Å². The summed E-state index contributed by atoms with van der Waals surface area (Å²) in [5.41, 5.74) is 5.72. The predicted octanol–water partition coefficient (Wildman–Crippen LogP) is 4.01. The minimum atomic E-state index is -5.08. The number of nitrogens with one attached hydrogen (secondary N) is 2. The first-order valence-corrected chi connectivity index (χ1v) is 9.74. The second-order valence-electron chi connectivity index (χ2n) is 7.29. The molecule has 0 bridgehead atoms. The van der Waals surface area contributed by atoms with Gasteiger partial charge >= 0.3 is 12.1 Å². The molecule has 4 aromatic rings. The van der Waals surface area contributed by atoms with Gasteiger partial charge < -0.3 is 19.9 Å². The molecule has 8 nitrogen and oxygen atoms in total. The number of aliphatic carboxylic acids is 1. The molecule has 0 saturated carbocycles. The van der Waals surface area contributed by atoms with Crippen LogP contribution < -0.4 is 5.32 Å². The standard InChI is InChI=1S/C19H16FN5O.C2HF3O2/c1-10-17(14-4-5-21-8-12(14)9-22-10)18-24-19(26-25-18)16-7-11-6-13(20)2-3-15(11)23-16;3-2(4,5)1(6)7/h2-3,6-7,9,21,23H,4-5,8H2,1H3;(H,6,7). The van der Waals surface area contributed by atoms with Crippen molar-refractivity contribution in [2.24, 2.45) is 0 Å². The first kappa shape index (κ1) is 22.4. The fourth-order valence-corrected chi connectivity index (χ4v) is 3.52. The van der Waals surface area contributed by atoms with Crippen LogP contribution in [0.25, 0.3) is 33.9 Å². The third kappa shape index (κ3) is 4.70. The molecule has 0 spiro atoms. The van der Waals surface area contributed by atoms with Crippen LogP contribution in [0.4, 0.5) is 17.6 Å². The van der Waals surface area contributed by atoms with Crippen molar-refractivity contribution in [2.45, 2.75) is 26.1 Å². The molecule has 12 heteroatoms. The molecule has 33 heavy (non-hydrogen) atoms. The Bertz CT molecular complexity index is 1330. The van der Waals surface area contributed by atoms with Gasteiger partial charge in [0.1, 0.15) is 11.5 Å². The number of hydrogen-bond acceptors (Lipinski definition) is 6. The number of halogens is 4. The first-order chi connectivity index (χ1) is 15.6. The van der Waals surface area contributed by atoms with Crippen molar-refractivity contribution >= 4 is 16.9 Å². The average molecular weight is 463 g/mol. The lowest BCUT2D eigenvalue weighted by molar-refractivity contribution is -0.192. The molecular formula is C21H17F4N5O3. The van der Waals surface area contributed by atoms with Gasteiger partial charge in [-0.15, -0.1) is 0 Å². The highest BCUT2D eigenvalue weighted by Gasteiger charge is 2.38. The largest absolute Gasteiger partial charge is 0.490 e. The van der Waals surface area contributed by atoms with Gasteiger partial charge in [0.2, 0.25) is 5.82 Å². The Balaban J connectivity index is 0.000000325. The van der Waals surface area contributed by atoms with Crippen LogP contribution in [-0.2, 0) is 17.8 Å². The molecular weight excluding hydrogens is 446 g/mol. The molecule has 0 amide bonds. The molecule has 172 valence electrons. The van der Waals surface area contributed by atoms with E-state index in [0.29, 0.717) is 17.4 Å². The van der Waals surface area contributed by atoms with Gasteiger partial charge in [-0.25, -0.2) is 9.18 Å². The van der Waals surface area contributed by atoms with E-state index in [1.54, 1.807) is 6.07 Å². The van der Waals surface area contributed by atoms with Crippen LogP contribution in [-0.4, -0.2) is 43.9 Å². The quantitative estimate of drug-likeness (QED) is 0.385. The highest BCUT2D eigenvalue weighted by Crippen LogP contribution is 2.31. The van der Waals surface area contributed by atoms with Gasteiger partial charge in [-0.05, 0) is 55.3 Å². The summed E-state index contributed by atoms with van der Waals surface area (Å²) in [5, 5.41) is 15.4. The van der Waals surface area contributed by atoms with E-state index in [1.807, 2.05) is 19.2 Å². The van der Waals surface area contributed by atoms with Gasteiger partial charge in [0.15, 0.2) is 0 Å². The molecule has 3 aromatic heterocycles. The first-order valence-electron chi connectivity index (χ1n) is 9.74. The number of carboxylic acid groups (broad SMARTS) is 1. The molecule has 3 N–H and O–H groups in total. The number of aromatic nitrogens is 4. The SMILES string of the molecule is Cc1ncc2c(c1-c1noc(-c3cc4cc(F)ccc4[nH]3)n1)CCNC2.O=C(O)C(F)(F)F. The van der Waals surface area contributed by atoms with Crippen LogP contribution >= 0.6 is 0 Å². The number of hydrogen-bond donors (Lipinski definition) is 3. The third-order valence-electron chi connectivity index (χ3n) is 5.04. The second-order valence-corrected chi connectivity index (χ2v) is 7.29. The van der Waals surface area contributed by atoms with Gasteiger partial charge in [-0.3, -0.25) is 4.98 Å². The van der Waals surface area contributed by atoms with Crippen molar-refractivity contribution in [3.05, 3.63) is 53.1 Å². The van der Waals surface area contributed by atoms with Crippen LogP contribution in [0, 0.1) is 12.7 Å². The number of rotatable bonds is 2. The van der Waals surface area contributed by atoms with Gasteiger partial charge in [0.25, 0.3) is 5.89 Å². The van der Waals surface area contributed by atoms with E-state index in [-0.39, 0.29) is 5.82 Å². The molecule has 0 atom stereocenters. The summed E-state index contributed by atoms with van der Waals surface area (Å²) in [5.74, 6) is -2.12. The molecule has 4 heterocycles. The number of carboxylic acids is 1. The number of carbonyl (C=O) groups is 1. The molecule has 0 saturated heterocycles. The minimum absolute atomic E-state index is 0.277. The normalized spacial score (nSPS) is 13.4. The highest BCUT2D eigenvalue weighted by molar-refractivity contribution is 5.84. The fraction of sp³-hybridized carbons (Fsp3) is 0.238. The zero-order valence-corrected chi connectivity index (χ0v) is 17.1. The maximum absolute atomic E-state index is 13.4.